The van der Waals surface area contributed by atoms with Crippen LogP contribution in [-0.2, 0) is 6.54 Å². The van der Waals surface area contributed by atoms with E-state index in [0.29, 0.717) is 6.54 Å². The van der Waals surface area contributed by atoms with Crippen molar-refractivity contribution in [3.8, 4) is 5.75 Å². The van der Waals surface area contributed by atoms with Crippen LogP contribution in [-0.4, -0.2) is 19.4 Å². The second-order valence-corrected chi connectivity index (χ2v) is 5.07. The molecule has 0 aromatic heterocycles. The van der Waals surface area contributed by atoms with Crippen molar-refractivity contribution >= 4 is 5.78 Å². The van der Waals surface area contributed by atoms with Crippen LogP contribution in [0.1, 0.15) is 27.4 Å². The van der Waals surface area contributed by atoms with Gasteiger partial charge in [0.15, 0.2) is 17.3 Å². The number of methoxy groups -OCH3 is 1. The quantitative estimate of drug-likeness (QED) is 0.881. The molecule has 21 heavy (non-hydrogen) atoms. The van der Waals surface area contributed by atoms with E-state index >= 15 is 0 Å². The number of hydrogen-bond donors (Lipinski definition) is 1. The lowest BCUT2D eigenvalue weighted by Crippen LogP contribution is -2.33. The summed E-state index contributed by atoms with van der Waals surface area (Å²) in [5.41, 5.74) is 2.15. The molecule has 0 amide bonds. The molecule has 2 aromatic rings. The summed E-state index contributed by atoms with van der Waals surface area (Å²) in [5, 5.41) is 3.22. The molecule has 4 heteroatoms. The van der Waals surface area contributed by atoms with E-state index in [1.807, 2.05) is 24.3 Å². The molecule has 0 radical (unpaired) electrons. The first-order valence-electron chi connectivity index (χ1n) is 6.87. The predicted molar refractivity (Wildman–Crippen MR) is 78.2 cm³/mol. The smallest absolute Gasteiger partial charge is 0.175 e. The SMILES string of the molecule is COc1cccc(C(=O)C2CNCc3ccccc32)c1F. The van der Waals surface area contributed by atoms with E-state index in [2.05, 4.69) is 5.32 Å². The third-order valence-electron chi connectivity index (χ3n) is 3.86. The average Bonchev–Trinajstić information content (AvgIpc) is 2.54. The number of Topliss-reactive ketones (excluding diaryl/α,β-unsaturated/α-hetero) is 1. The molecule has 3 nitrogen and oxygen atoms in total. The number of carbonyl (C=O) groups excluding carboxylic acids is 1. The van der Waals surface area contributed by atoms with Gasteiger partial charge >= 0.3 is 0 Å². The average molecular weight is 285 g/mol. The lowest BCUT2D eigenvalue weighted by atomic mass is 9.85. The number of nitrogens with one attached hydrogen (secondary N) is 1. The Bertz CT molecular complexity index is 684. The van der Waals surface area contributed by atoms with Gasteiger partial charge in [-0.15, -0.1) is 0 Å². The second kappa shape index (κ2) is 5.66. The van der Waals surface area contributed by atoms with Crippen molar-refractivity contribution < 1.29 is 13.9 Å². The van der Waals surface area contributed by atoms with Crippen LogP contribution in [0, 0.1) is 5.82 Å². The number of ketones is 1. The van der Waals surface area contributed by atoms with Crippen molar-refractivity contribution in [2.45, 2.75) is 12.5 Å². The van der Waals surface area contributed by atoms with Gasteiger partial charge in [0.25, 0.3) is 0 Å². The molecule has 3 rings (SSSR count). The largest absolute Gasteiger partial charge is 0.494 e. The molecule has 0 fully saturated rings. The van der Waals surface area contributed by atoms with Crippen LogP contribution < -0.4 is 10.1 Å². The molecule has 1 N–H and O–H groups in total. The maximum atomic E-state index is 14.3. The first-order valence-corrected chi connectivity index (χ1v) is 6.87. The van der Waals surface area contributed by atoms with Crippen molar-refractivity contribution in [1.29, 1.82) is 0 Å². The van der Waals surface area contributed by atoms with E-state index in [4.69, 9.17) is 4.74 Å². The Morgan fingerprint density at radius 1 is 1.24 bits per heavy atom. The second-order valence-electron chi connectivity index (χ2n) is 5.07. The van der Waals surface area contributed by atoms with Gasteiger partial charge in [-0.2, -0.15) is 0 Å². The maximum Gasteiger partial charge on any atom is 0.175 e. The van der Waals surface area contributed by atoms with Gasteiger partial charge in [0.05, 0.1) is 18.6 Å². The van der Waals surface area contributed by atoms with Crippen molar-refractivity contribution in [3.63, 3.8) is 0 Å². The number of hydrogen-bond acceptors (Lipinski definition) is 3. The molecule has 0 spiro atoms. The molecular formula is C17H16FNO2. The Morgan fingerprint density at radius 3 is 2.86 bits per heavy atom. The third-order valence-corrected chi connectivity index (χ3v) is 3.86. The van der Waals surface area contributed by atoms with Crippen LogP contribution in [0.3, 0.4) is 0 Å². The topological polar surface area (TPSA) is 38.3 Å². The van der Waals surface area contributed by atoms with E-state index in [9.17, 15) is 9.18 Å². The summed E-state index contributed by atoms with van der Waals surface area (Å²) in [7, 11) is 1.39. The fourth-order valence-electron chi connectivity index (χ4n) is 2.78. The maximum absolute atomic E-state index is 14.3. The predicted octanol–water partition coefficient (Wildman–Crippen LogP) is 2.90. The summed E-state index contributed by atoms with van der Waals surface area (Å²) >= 11 is 0. The Kier molecular flexibility index (Phi) is 3.71. The molecule has 2 aromatic carbocycles. The lowest BCUT2D eigenvalue weighted by Gasteiger charge is -2.25. The van der Waals surface area contributed by atoms with E-state index in [1.165, 1.54) is 19.2 Å². The van der Waals surface area contributed by atoms with E-state index < -0.39 is 5.82 Å². The zero-order valence-electron chi connectivity index (χ0n) is 11.7. The molecule has 1 unspecified atom stereocenters. The highest BCUT2D eigenvalue weighted by Crippen LogP contribution is 2.30. The highest BCUT2D eigenvalue weighted by atomic mass is 19.1. The van der Waals surface area contributed by atoms with Gasteiger partial charge in [-0.3, -0.25) is 4.79 Å². The summed E-state index contributed by atoms with van der Waals surface area (Å²) in [6.07, 6.45) is 0. The minimum absolute atomic E-state index is 0.0813. The van der Waals surface area contributed by atoms with Crippen LogP contribution >= 0.6 is 0 Å². The van der Waals surface area contributed by atoms with E-state index in [1.54, 1.807) is 6.07 Å². The van der Waals surface area contributed by atoms with Crippen molar-refractivity contribution in [1.82, 2.24) is 5.32 Å². The Morgan fingerprint density at radius 2 is 2.05 bits per heavy atom. The molecular weight excluding hydrogens is 269 g/mol. The monoisotopic (exact) mass is 285 g/mol. The molecule has 0 aliphatic carbocycles. The first kappa shape index (κ1) is 13.8. The zero-order chi connectivity index (χ0) is 14.8. The molecule has 0 saturated heterocycles. The zero-order valence-corrected chi connectivity index (χ0v) is 11.7. The lowest BCUT2D eigenvalue weighted by molar-refractivity contribution is 0.0950. The molecule has 1 heterocycles. The molecule has 1 aliphatic rings. The van der Waals surface area contributed by atoms with Gasteiger partial charge in [-0.05, 0) is 23.3 Å². The Hall–Kier alpha value is -2.20. The van der Waals surface area contributed by atoms with Crippen molar-refractivity contribution in [2.75, 3.05) is 13.7 Å². The fourth-order valence-corrected chi connectivity index (χ4v) is 2.78. The van der Waals surface area contributed by atoms with E-state index in [-0.39, 0.29) is 23.0 Å². The fraction of sp³-hybridized carbons (Fsp3) is 0.235. The molecule has 0 bridgehead atoms. The number of rotatable bonds is 3. The number of ether oxygens (including phenoxy) is 1. The number of halogens is 1. The van der Waals surface area contributed by atoms with Crippen LogP contribution in [0.15, 0.2) is 42.5 Å². The number of benzene rings is 2. The van der Waals surface area contributed by atoms with Crippen molar-refractivity contribution in [3.05, 3.63) is 65.0 Å². The van der Waals surface area contributed by atoms with Crippen LogP contribution in [0.5, 0.6) is 5.75 Å². The number of fused-ring (bicyclic) bond motifs is 1. The van der Waals surface area contributed by atoms with Gasteiger partial charge in [-0.1, -0.05) is 30.3 Å². The van der Waals surface area contributed by atoms with Crippen LogP contribution in [0.2, 0.25) is 0 Å². The molecule has 1 atom stereocenters. The van der Waals surface area contributed by atoms with Gasteiger partial charge in [0.1, 0.15) is 0 Å². The third kappa shape index (κ3) is 2.43. The first-order chi connectivity index (χ1) is 10.2. The normalized spacial score (nSPS) is 17.1. The molecule has 1 aliphatic heterocycles. The van der Waals surface area contributed by atoms with E-state index in [0.717, 1.165) is 17.7 Å². The summed E-state index contributed by atoms with van der Waals surface area (Å²) in [6.45, 7) is 1.26. The minimum atomic E-state index is -0.590. The highest BCUT2D eigenvalue weighted by molar-refractivity contribution is 6.02. The van der Waals surface area contributed by atoms with Gasteiger partial charge in [-0.25, -0.2) is 4.39 Å². The molecule has 0 saturated carbocycles. The summed E-state index contributed by atoms with van der Waals surface area (Å²) in [6, 6.07) is 12.4. The minimum Gasteiger partial charge on any atom is -0.494 e. The summed E-state index contributed by atoms with van der Waals surface area (Å²) < 4.78 is 19.2. The standard InChI is InChI=1S/C17H16FNO2/c1-21-15-8-4-7-13(16(15)18)17(20)14-10-19-9-11-5-2-3-6-12(11)14/h2-8,14,19H,9-10H2,1H3. The summed E-state index contributed by atoms with van der Waals surface area (Å²) in [5.74, 6) is -1.08. The highest BCUT2D eigenvalue weighted by Gasteiger charge is 2.29. The summed E-state index contributed by atoms with van der Waals surface area (Å²) in [4.78, 5) is 12.7. The van der Waals surface area contributed by atoms with Crippen LogP contribution in [0.25, 0.3) is 0 Å². The van der Waals surface area contributed by atoms with Gasteiger partial charge < -0.3 is 10.1 Å². The van der Waals surface area contributed by atoms with Gasteiger partial charge in [0, 0.05) is 13.1 Å². The van der Waals surface area contributed by atoms with Crippen molar-refractivity contribution in [2.24, 2.45) is 0 Å². The number of carbonyl (C=O) groups is 1. The molecule has 108 valence electrons. The van der Waals surface area contributed by atoms with Crippen LogP contribution in [0.4, 0.5) is 4.39 Å². The Labute approximate surface area is 122 Å². The Balaban J connectivity index is 2.01. The van der Waals surface area contributed by atoms with Gasteiger partial charge in [0.2, 0.25) is 0 Å².